The molecule has 2 heteroatoms. The van der Waals surface area contributed by atoms with Crippen molar-refractivity contribution < 1.29 is 4.74 Å². The smallest absolute Gasteiger partial charge is 0.119 e. The Balaban J connectivity index is 1.86. The molecule has 2 aromatic carbocycles. The van der Waals surface area contributed by atoms with Gasteiger partial charge in [-0.3, -0.25) is 0 Å². The molecule has 0 saturated carbocycles. The highest BCUT2D eigenvalue weighted by Gasteiger charge is 2.04. The van der Waals surface area contributed by atoms with Crippen molar-refractivity contribution in [2.24, 2.45) is 0 Å². The first-order chi connectivity index (χ1) is 10.1. The molecule has 112 valence electrons. The van der Waals surface area contributed by atoms with E-state index in [0.29, 0.717) is 0 Å². The van der Waals surface area contributed by atoms with Crippen molar-refractivity contribution in [3.8, 4) is 5.75 Å². The number of hydrogen-bond donors (Lipinski definition) is 1. The van der Waals surface area contributed by atoms with Crippen LogP contribution in [0.5, 0.6) is 5.75 Å². The Hall–Kier alpha value is -1.96. The monoisotopic (exact) mass is 283 g/mol. The van der Waals surface area contributed by atoms with Crippen LogP contribution in [-0.4, -0.2) is 12.6 Å². The second kappa shape index (κ2) is 7.16. The predicted octanol–water partition coefficient (Wildman–Crippen LogP) is 4.75. The maximum Gasteiger partial charge on any atom is 0.119 e. The lowest BCUT2D eigenvalue weighted by atomic mass is 10.1. The van der Waals surface area contributed by atoms with Crippen LogP contribution < -0.4 is 10.1 Å². The number of ether oxygens (including phenoxy) is 1. The summed E-state index contributed by atoms with van der Waals surface area (Å²) in [5, 5.41) is 3.43. The van der Waals surface area contributed by atoms with Crippen LogP contribution in [0.4, 0.5) is 5.69 Å². The zero-order valence-electron chi connectivity index (χ0n) is 13.4. The van der Waals surface area contributed by atoms with E-state index in [0.717, 1.165) is 24.4 Å². The first kappa shape index (κ1) is 15.4. The fraction of sp³-hybridized carbons (Fsp3) is 0.368. The van der Waals surface area contributed by atoms with E-state index in [9.17, 15) is 0 Å². The first-order valence-electron chi connectivity index (χ1n) is 7.65. The second-order valence-corrected chi connectivity index (χ2v) is 5.61. The largest absolute Gasteiger partial charge is 0.489 e. The molecule has 0 heterocycles. The summed E-state index contributed by atoms with van der Waals surface area (Å²) in [6, 6.07) is 14.8. The average Bonchev–Trinajstić information content (AvgIpc) is 2.49. The summed E-state index contributed by atoms with van der Waals surface area (Å²) in [5.41, 5.74) is 5.11. The Morgan fingerprint density at radius 1 is 1.00 bits per heavy atom. The quantitative estimate of drug-likeness (QED) is 0.826. The lowest BCUT2D eigenvalue weighted by molar-refractivity contribution is 0.234. The van der Waals surface area contributed by atoms with Crippen LogP contribution in [0.25, 0.3) is 0 Å². The average molecular weight is 283 g/mol. The molecule has 21 heavy (non-hydrogen) atoms. The van der Waals surface area contributed by atoms with Crippen molar-refractivity contribution in [3.63, 3.8) is 0 Å². The maximum absolute atomic E-state index is 5.93. The third kappa shape index (κ3) is 4.52. The molecule has 0 radical (unpaired) electrons. The Kier molecular flexibility index (Phi) is 5.26. The number of nitrogens with one attached hydrogen (secondary N) is 1. The van der Waals surface area contributed by atoms with Crippen molar-refractivity contribution in [2.45, 2.75) is 40.2 Å². The van der Waals surface area contributed by atoms with Gasteiger partial charge in [-0.15, -0.1) is 0 Å². The molecule has 0 aliphatic heterocycles. The maximum atomic E-state index is 5.93. The van der Waals surface area contributed by atoms with Crippen molar-refractivity contribution in [1.82, 2.24) is 0 Å². The van der Waals surface area contributed by atoms with Gasteiger partial charge >= 0.3 is 0 Å². The highest BCUT2D eigenvalue weighted by atomic mass is 16.5. The van der Waals surface area contributed by atoms with E-state index >= 15 is 0 Å². The van der Waals surface area contributed by atoms with Crippen molar-refractivity contribution in [3.05, 3.63) is 59.2 Å². The van der Waals surface area contributed by atoms with Crippen molar-refractivity contribution >= 4 is 5.69 Å². The second-order valence-electron chi connectivity index (χ2n) is 5.61. The molecule has 0 aromatic heterocycles. The van der Waals surface area contributed by atoms with Gasteiger partial charge in [0.1, 0.15) is 11.9 Å². The zero-order valence-corrected chi connectivity index (χ0v) is 13.4. The van der Waals surface area contributed by atoms with Gasteiger partial charge in [0.15, 0.2) is 0 Å². The van der Waals surface area contributed by atoms with E-state index in [1.54, 1.807) is 0 Å². The highest BCUT2D eigenvalue weighted by molar-refractivity contribution is 5.48. The Morgan fingerprint density at radius 3 is 2.33 bits per heavy atom. The first-order valence-corrected chi connectivity index (χ1v) is 7.65. The number of anilines is 1. The third-order valence-electron chi connectivity index (χ3n) is 3.77. The van der Waals surface area contributed by atoms with Gasteiger partial charge in [-0.1, -0.05) is 25.1 Å². The molecule has 2 aromatic rings. The molecular weight excluding hydrogens is 258 g/mol. The van der Waals surface area contributed by atoms with Gasteiger partial charge in [-0.05, 0) is 68.1 Å². The van der Waals surface area contributed by atoms with Crippen LogP contribution >= 0.6 is 0 Å². The summed E-state index contributed by atoms with van der Waals surface area (Å²) >= 11 is 0. The fourth-order valence-corrected chi connectivity index (χ4v) is 2.19. The van der Waals surface area contributed by atoms with Crippen molar-refractivity contribution in [1.29, 1.82) is 0 Å². The molecule has 1 atom stereocenters. The summed E-state index contributed by atoms with van der Waals surface area (Å²) in [7, 11) is 0. The molecule has 0 aliphatic carbocycles. The highest BCUT2D eigenvalue weighted by Crippen LogP contribution is 2.16. The molecule has 0 saturated heterocycles. The molecule has 0 aliphatic rings. The standard InChI is InChI=1S/C19H25NO/c1-5-17-7-10-19(11-8-17)21-16(4)13-20-18-9-6-14(2)15(3)12-18/h6-12,16,20H,5,13H2,1-4H3. The molecular formula is C19H25NO. The van der Waals surface area contributed by atoms with Gasteiger partial charge in [0.2, 0.25) is 0 Å². The lowest BCUT2D eigenvalue weighted by Gasteiger charge is -2.17. The molecule has 1 N–H and O–H groups in total. The van der Waals surface area contributed by atoms with Crippen molar-refractivity contribution in [2.75, 3.05) is 11.9 Å². The number of aryl methyl sites for hydroxylation is 3. The van der Waals surface area contributed by atoms with Crippen LogP contribution in [0.2, 0.25) is 0 Å². The van der Waals surface area contributed by atoms with Crippen LogP contribution in [0.3, 0.4) is 0 Å². The molecule has 0 bridgehead atoms. The van der Waals surface area contributed by atoms with Gasteiger partial charge in [0.05, 0.1) is 6.54 Å². The molecule has 0 spiro atoms. The van der Waals surface area contributed by atoms with Crippen LogP contribution in [0, 0.1) is 13.8 Å². The molecule has 0 amide bonds. The summed E-state index contributed by atoms with van der Waals surface area (Å²) < 4.78 is 5.93. The third-order valence-corrected chi connectivity index (χ3v) is 3.77. The van der Waals surface area contributed by atoms with Gasteiger partial charge < -0.3 is 10.1 Å². The molecule has 2 rings (SSSR count). The van der Waals surface area contributed by atoms with E-state index in [1.165, 1.54) is 16.7 Å². The van der Waals surface area contributed by atoms with Crippen LogP contribution in [-0.2, 0) is 6.42 Å². The van der Waals surface area contributed by atoms with E-state index in [-0.39, 0.29) is 6.10 Å². The number of hydrogen-bond acceptors (Lipinski definition) is 2. The molecule has 1 unspecified atom stereocenters. The molecule has 0 fully saturated rings. The van der Waals surface area contributed by atoms with E-state index in [1.807, 2.05) is 12.1 Å². The Labute approximate surface area is 128 Å². The normalized spacial score (nSPS) is 12.0. The minimum absolute atomic E-state index is 0.124. The van der Waals surface area contributed by atoms with Gasteiger partial charge in [0, 0.05) is 5.69 Å². The van der Waals surface area contributed by atoms with Gasteiger partial charge in [-0.25, -0.2) is 0 Å². The summed E-state index contributed by atoms with van der Waals surface area (Å²) in [5.74, 6) is 0.932. The predicted molar refractivity (Wildman–Crippen MR) is 90.3 cm³/mol. The van der Waals surface area contributed by atoms with E-state index in [4.69, 9.17) is 4.74 Å². The number of rotatable bonds is 6. The van der Waals surface area contributed by atoms with Crippen LogP contribution in [0.1, 0.15) is 30.5 Å². The van der Waals surface area contributed by atoms with E-state index < -0.39 is 0 Å². The van der Waals surface area contributed by atoms with Crippen LogP contribution in [0.15, 0.2) is 42.5 Å². The minimum atomic E-state index is 0.124. The SMILES string of the molecule is CCc1ccc(OC(C)CNc2ccc(C)c(C)c2)cc1. The minimum Gasteiger partial charge on any atom is -0.489 e. The lowest BCUT2D eigenvalue weighted by Crippen LogP contribution is -2.22. The zero-order chi connectivity index (χ0) is 15.2. The summed E-state index contributed by atoms with van der Waals surface area (Å²) in [6.45, 7) is 9.30. The number of benzene rings is 2. The topological polar surface area (TPSA) is 21.3 Å². The Bertz CT molecular complexity index is 575. The van der Waals surface area contributed by atoms with Gasteiger partial charge in [0.25, 0.3) is 0 Å². The summed E-state index contributed by atoms with van der Waals surface area (Å²) in [6.07, 6.45) is 1.18. The summed E-state index contributed by atoms with van der Waals surface area (Å²) in [4.78, 5) is 0. The van der Waals surface area contributed by atoms with E-state index in [2.05, 4.69) is 63.3 Å². The van der Waals surface area contributed by atoms with Gasteiger partial charge in [-0.2, -0.15) is 0 Å². The molecule has 2 nitrogen and oxygen atoms in total. The fourth-order valence-electron chi connectivity index (χ4n) is 2.19. The Morgan fingerprint density at radius 2 is 1.71 bits per heavy atom.